The van der Waals surface area contributed by atoms with Crippen molar-refractivity contribution >= 4 is 0 Å². The molecule has 0 radical (unpaired) electrons. The van der Waals surface area contributed by atoms with Crippen molar-refractivity contribution in [1.29, 1.82) is 0 Å². The maximum Gasteiger partial charge on any atom is 0.330 e. The molecule has 0 spiro atoms. The first kappa shape index (κ1) is 14.6. The minimum atomic E-state index is -4.08. The Hall–Kier alpha value is -0.360. The highest BCUT2D eigenvalue weighted by atomic mass is 19.3. The Labute approximate surface area is 87.0 Å². The van der Waals surface area contributed by atoms with Crippen LogP contribution in [0.5, 0.6) is 0 Å². The van der Waals surface area contributed by atoms with E-state index in [1.165, 1.54) is 0 Å². The van der Waals surface area contributed by atoms with Gasteiger partial charge in [0.1, 0.15) is 6.61 Å². The fourth-order valence-electron chi connectivity index (χ4n) is 0.985. The van der Waals surface area contributed by atoms with Crippen LogP contribution in [0.1, 0.15) is 20.3 Å². The minimum Gasteiger partial charge on any atom is -0.367 e. The van der Waals surface area contributed by atoms with Crippen molar-refractivity contribution in [2.45, 2.75) is 38.2 Å². The summed E-state index contributed by atoms with van der Waals surface area (Å²) in [5.41, 5.74) is -0.840. The SMILES string of the molecule is CCC(C)(CNC)OCC(F)(F)C(F)F. The van der Waals surface area contributed by atoms with Gasteiger partial charge in [0.15, 0.2) is 0 Å². The number of alkyl halides is 4. The highest BCUT2D eigenvalue weighted by molar-refractivity contribution is 4.78. The van der Waals surface area contributed by atoms with Crippen LogP contribution in [0.3, 0.4) is 0 Å². The Morgan fingerprint density at radius 1 is 1.33 bits per heavy atom. The van der Waals surface area contributed by atoms with Crippen LogP contribution in [-0.4, -0.2) is 38.1 Å². The summed E-state index contributed by atoms with van der Waals surface area (Å²) in [7, 11) is 1.64. The van der Waals surface area contributed by atoms with Crippen LogP contribution in [0.2, 0.25) is 0 Å². The van der Waals surface area contributed by atoms with Crippen molar-refractivity contribution in [2.75, 3.05) is 20.2 Å². The van der Waals surface area contributed by atoms with Crippen LogP contribution in [0.25, 0.3) is 0 Å². The molecular weight excluding hydrogens is 214 g/mol. The summed E-state index contributed by atoms with van der Waals surface area (Å²) in [5, 5.41) is 2.77. The van der Waals surface area contributed by atoms with Gasteiger partial charge in [-0.3, -0.25) is 0 Å². The summed E-state index contributed by atoms with van der Waals surface area (Å²) in [5.74, 6) is -4.08. The molecule has 0 aliphatic rings. The molecule has 0 rings (SSSR count). The summed E-state index contributed by atoms with van der Waals surface area (Å²) >= 11 is 0. The summed E-state index contributed by atoms with van der Waals surface area (Å²) < 4.78 is 53.6. The highest BCUT2D eigenvalue weighted by Crippen LogP contribution is 2.26. The van der Waals surface area contributed by atoms with Gasteiger partial charge in [0, 0.05) is 6.54 Å². The van der Waals surface area contributed by atoms with Crippen LogP contribution in [-0.2, 0) is 4.74 Å². The van der Waals surface area contributed by atoms with Gasteiger partial charge in [0.25, 0.3) is 0 Å². The molecule has 0 aliphatic carbocycles. The maximum atomic E-state index is 12.6. The van der Waals surface area contributed by atoms with Gasteiger partial charge in [-0.05, 0) is 20.4 Å². The molecule has 1 atom stereocenters. The smallest absolute Gasteiger partial charge is 0.330 e. The molecule has 0 bridgehead atoms. The highest BCUT2D eigenvalue weighted by Gasteiger charge is 2.42. The van der Waals surface area contributed by atoms with Gasteiger partial charge >= 0.3 is 12.3 Å². The molecule has 6 heteroatoms. The van der Waals surface area contributed by atoms with Gasteiger partial charge in [0.2, 0.25) is 0 Å². The number of nitrogens with one attached hydrogen (secondary N) is 1. The van der Waals surface area contributed by atoms with Crippen LogP contribution >= 0.6 is 0 Å². The third kappa shape index (κ3) is 4.79. The maximum absolute atomic E-state index is 12.6. The number of hydrogen-bond donors (Lipinski definition) is 1. The Morgan fingerprint density at radius 2 is 1.87 bits per heavy atom. The second-order valence-corrected chi connectivity index (χ2v) is 3.68. The van der Waals surface area contributed by atoms with E-state index in [4.69, 9.17) is 4.74 Å². The summed E-state index contributed by atoms with van der Waals surface area (Å²) in [6.45, 7) is 2.43. The molecule has 0 aliphatic heterocycles. The minimum absolute atomic E-state index is 0.336. The Balaban J connectivity index is 4.22. The van der Waals surface area contributed by atoms with E-state index in [0.717, 1.165) is 0 Å². The van der Waals surface area contributed by atoms with E-state index in [2.05, 4.69) is 5.32 Å². The second kappa shape index (κ2) is 5.65. The lowest BCUT2D eigenvalue weighted by molar-refractivity contribution is -0.192. The molecule has 0 fully saturated rings. The van der Waals surface area contributed by atoms with Crippen LogP contribution < -0.4 is 5.32 Å². The van der Waals surface area contributed by atoms with Gasteiger partial charge in [-0.15, -0.1) is 0 Å². The third-order valence-electron chi connectivity index (χ3n) is 2.23. The molecule has 0 saturated heterocycles. The Morgan fingerprint density at radius 3 is 2.20 bits per heavy atom. The van der Waals surface area contributed by atoms with Crippen molar-refractivity contribution in [3.63, 3.8) is 0 Å². The molecule has 15 heavy (non-hydrogen) atoms. The molecule has 0 saturated carbocycles. The van der Waals surface area contributed by atoms with Crippen LogP contribution in [0.4, 0.5) is 17.6 Å². The normalized spacial score (nSPS) is 16.8. The van der Waals surface area contributed by atoms with Crippen molar-refractivity contribution in [3.05, 3.63) is 0 Å². The van der Waals surface area contributed by atoms with Crippen molar-refractivity contribution < 1.29 is 22.3 Å². The number of hydrogen-bond acceptors (Lipinski definition) is 2. The van der Waals surface area contributed by atoms with E-state index < -0.39 is 24.6 Å². The monoisotopic (exact) mass is 231 g/mol. The summed E-state index contributed by atoms with van der Waals surface area (Å²) in [6.07, 6.45) is -3.22. The summed E-state index contributed by atoms with van der Waals surface area (Å²) in [4.78, 5) is 0. The second-order valence-electron chi connectivity index (χ2n) is 3.68. The average Bonchev–Trinajstić information content (AvgIpc) is 2.15. The van der Waals surface area contributed by atoms with E-state index in [1.54, 1.807) is 20.9 Å². The van der Waals surface area contributed by atoms with Gasteiger partial charge in [-0.2, -0.15) is 8.78 Å². The summed E-state index contributed by atoms with van der Waals surface area (Å²) in [6, 6.07) is 0. The molecule has 0 aromatic rings. The number of halogens is 4. The van der Waals surface area contributed by atoms with Gasteiger partial charge in [0.05, 0.1) is 5.60 Å². The third-order valence-corrected chi connectivity index (χ3v) is 2.23. The number of rotatable bonds is 7. The molecule has 1 N–H and O–H groups in total. The molecule has 1 unspecified atom stereocenters. The van der Waals surface area contributed by atoms with Crippen molar-refractivity contribution in [2.24, 2.45) is 0 Å². The van der Waals surface area contributed by atoms with Gasteiger partial charge < -0.3 is 10.1 Å². The molecule has 0 heterocycles. The predicted octanol–water partition coefficient (Wildman–Crippen LogP) is 2.29. The van der Waals surface area contributed by atoms with E-state index in [0.29, 0.717) is 13.0 Å². The first-order chi connectivity index (χ1) is 6.77. The predicted molar refractivity (Wildman–Crippen MR) is 49.5 cm³/mol. The van der Waals surface area contributed by atoms with E-state index in [1.807, 2.05) is 0 Å². The van der Waals surface area contributed by atoms with Gasteiger partial charge in [-0.1, -0.05) is 6.92 Å². The zero-order valence-corrected chi connectivity index (χ0v) is 9.12. The zero-order chi connectivity index (χ0) is 12.1. The molecule has 2 nitrogen and oxygen atoms in total. The Kier molecular flexibility index (Phi) is 5.51. The molecule has 0 aromatic heterocycles. The molecular formula is C9H17F4NO. The fraction of sp³-hybridized carbons (Fsp3) is 1.00. The standard InChI is InChI=1S/C9H17F4NO/c1-4-8(2,5-14-3)15-6-9(12,13)7(10)11/h7,14H,4-6H2,1-3H3. The quantitative estimate of drug-likeness (QED) is 0.679. The first-order valence-corrected chi connectivity index (χ1v) is 4.72. The van der Waals surface area contributed by atoms with Crippen LogP contribution in [0.15, 0.2) is 0 Å². The van der Waals surface area contributed by atoms with Crippen molar-refractivity contribution in [1.82, 2.24) is 5.32 Å². The molecule has 92 valence electrons. The Bertz CT molecular complexity index is 189. The lowest BCUT2D eigenvalue weighted by Gasteiger charge is -2.30. The lowest BCUT2D eigenvalue weighted by atomic mass is 10.0. The van der Waals surface area contributed by atoms with E-state index in [9.17, 15) is 17.6 Å². The van der Waals surface area contributed by atoms with E-state index in [-0.39, 0.29) is 0 Å². The van der Waals surface area contributed by atoms with Gasteiger partial charge in [-0.25, -0.2) is 8.78 Å². The van der Waals surface area contributed by atoms with Crippen LogP contribution in [0, 0.1) is 0 Å². The molecule has 0 amide bonds. The van der Waals surface area contributed by atoms with Crippen molar-refractivity contribution in [3.8, 4) is 0 Å². The average molecular weight is 231 g/mol. The topological polar surface area (TPSA) is 21.3 Å². The fourth-order valence-corrected chi connectivity index (χ4v) is 0.985. The first-order valence-electron chi connectivity index (χ1n) is 4.72. The number of likely N-dealkylation sites (N-methyl/N-ethyl adjacent to an activating group) is 1. The number of ether oxygens (including phenoxy) is 1. The molecule has 0 aromatic carbocycles. The largest absolute Gasteiger partial charge is 0.367 e. The lowest BCUT2D eigenvalue weighted by Crippen LogP contribution is -2.43. The zero-order valence-electron chi connectivity index (χ0n) is 9.12. The van der Waals surface area contributed by atoms with E-state index >= 15 is 0 Å².